The van der Waals surface area contributed by atoms with E-state index < -0.39 is 33.4 Å². The molecule has 0 aliphatic carbocycles. The average molecular weight is 603 g/mol. The van der Waals surface area contributed by atoms with Crippen LogP contribution >= 0.6 is 22.9 Å². The third-order valence-corrected chi connectivity index (χ3v) is 11.2. The smallest absolute Gasteiger partial charge is 0.310 e. The molecule has 0 fully saturated rings. The fourth-order valence-corrected chi connectivity index (χ4v) is 8.88. The predicted molar refractivity (Wildman–Crippen MR) is 149 cm³/mol. The second-order valence-corrected chi connectivity index (χ2v) is 14.4. The molecule has 0 radical (unpaired) electrons. The van der Waals surface area contributed by atoms with E-state index in [9.17, 15) is 18.3 Å². The predicted octanol–water partition coefficient (Wildman–Crippen LogP) is 3.97. The van der Waals surface area contributed by atoms with E-state index in [2.05, 4.69) is 4.98 Å². The maximum Gasteiger partial charge on any atom is 0.310 e. The number of carboxylic acid groups (broad SMARTS) is 1. The maximum absolute atomic E-state index is 13.9. The number of rotatable bonds is 3. The molecule has 1 N–H and O–H groups in total. The van der Waals surface area contributed by atoms with Crippen molar-refractivity contribution in [2.45, 2.75) is 64.2 Å². The van der Waals surface area contributed by atoms with Crippen LogP contribution in [0.4, 0.5) is 0 Å². The maximum atomic E-state index is 13.9. The molecule has 0 saturated heterocycles. The van der Waals surface area contributed by atoms with Crippen LogP contribution in [0.1, 0.15) is 48.3 Å². The van der Waals surface area contributed by atoms with Gasteiger partial charge in [0.15, 0.2) is 18.2 Å². The van der Waals surface area contributed by atoms with Crippen molar-refractivity contribution < 1.29 is 27.7 Å². The van der Waals surface area contributed by atoms with E-state index in [1.165, 1.54) is 27.9 Å². The van der Waals surface area contributed by atoms with Crippen LogP contribution in [0.15, 0.2) is 41.4 Å². The molecule has 6 rings (SSSR count). The highest BCUT2D eigenvalue weighted by Gasteiger charge is 2.43. The highest BCUT2D eigenvalue weighted by atomic mass is 35.5. The Balaban J connectivity index is 1.66. The van der Waals surface area contributed by atoms with Crippen molar-refractivity contribution in [1.29, 1.82) is 0 Å². The summed E-state index contributed by atoms with van der Waals surface area (Å²) in [4.78, 5) is 17.6. The molecule has 6 bridgehead atoms. The standard InChI is InChI=1S/C27H28ClN5O5S2/c1-5-32-19-9-8-18-15(2)23(19)33(30-32)14-17-13-31(40(36,37)21-7-6-10-29-25(21)38-17)12-16-11-20(39-24(16)28)22(18)27(3,4)26(34)35/h6-11,17,22H,5,12-14H2,1-4H3/p+1/t17-,22+/m0/s1. The summed E-state index contributed by atoms with van der Waals surface area (Å²) in [6, 6.07) is 8.88. The van der Waals surface area contributed by atoms with E-state index in [1.54, 1.807) is 19.9 Å². The number of benzene rings is 1. The van der Waals surface area contributed by atoms with Crippen molar-refractivity contribution >= 4 is 50.0 Å². The van der Waals surface area contributed by atoms with E-state index in [0.717, 1.165) is 27.0 Å². The Morgan fingerprint density at radius 3 is 2.83 bits per heavy atom. The van der Waals surface area contributed by atoms with E-state index in [-0.39, 0.29) is 30.4 Å². The first-order chi connectivity index (χ1) is 18.9. The lowest BCUT2D eigenvalue weighted by Gasteiger charge is -2.31. The molecule has 1 unspecified atom stereocenters. The first-order valence-electron chi connectivity index (χ1n) is 13.0. The highest BCUT2D eigenvalue weighted by molar-refractivity contribution is 7.89. The summed E-state index contributed by atoms with van der Waals surface area (Å²) in [6.07, 6.45) is 0.905. The molecule has 0 saturated carbocycles. The summed E-state index contributed by atoms with van der Waals surface area (Å²) < 4.78 is 39.5. The quantitative estimate of drug-likeness (QED) is 0.353. The third kappa shape index (κ3) is 4.11. The van der Waals surface area contributed by atoms with E-state index >= 15 is 0 Å². The minimum absolute atomic E-state index is 0.00605. The molecule has 0 spiro atoms. The zero-order chi connectivity index (χ0) is 28.6. The van der Waals surface area contributed by atoms with Crippen LogP contribution in [0.25, 0.3) is 11.0 Å². The zero-order valence-corrected chi connectivity index (χ0v) is 24.8. The first kappa shape index (κ1) is 27.1. The number of ether oxygens (including phenoxy) is 1. The number of fused-ring (bicyclic) bond motifs is 6. The number of sulfonamides is 1. The van der Waals surface area contributed by atoms with Gasteiger partial charge in [0.05, 0.1) is 21.5 Å². The van der Waals surface area contributed by atoms with E-state index in [1.807, 2.05) is 41.4 Å². The molecule has 2 aliphatic rings. The van der Waals surface area contributed by atoms with Crippen LogP contribution < -0.4 is 9.42 Å². The van der Waals surface area contributed by atoms with Crippen molar-refractivity contribution in [3.8, 4) is 5.88 Å². The fourth-order valence-electron chi connectivity index (χ4n) is 5.78. The Kier molecular flexibility index (Phi) is 6.45. The van der Waals surface area contributed by atoms with Crippen LogP contribution in [0.2, 0.25) is 4.34 Å². The molecule has 210 valence electrons. The number of aliphatic carboxylic acids is 1. The van der Waals surface area contributed by atoms with Gasteiger partial charge in [-0.1, -0.05) is 17.7 Å². The molecular weight excluding hydrogens is 574 g/mol. The molecule has 1 aromatic carbocycles. The molecule has 4 aromatic rings. The number of aryl methyl sites for hydroxylation is 2. The van der Waals surface area contributed by atoms with Crippen LogP contribution in [0, 0.1) is 12.3 Å². The molecule has 0 amide bonds. The summed E-state index contributed by atoms with van der Waals surface area (Å²) in [5, 5.41) is 15.2. The van der Waals surface area contributed by atoms with Gasteiger partial charge in [0.2, 0.25) is 21.4 Å². The Morgan fingerprint density at radius 2 is 2.10 bits per heavy atom. The van der Waals surface area contributed by atoms with Crippen LogP contribution in [-0.4, -0.2) is 51.3 Å². The summed E-state index contributed by atoms with van der Waals surface area (Å²) >= 11 is 8.04. The number of pyridine rings is 1. The van der Waals surface area contributed by atoms with Gasteiger partial charge in [-0.15, -0.1) is 20.7 Å². The third-order valence-electron chi connectivity index (χ3n) is 7.91. The molecule has 5 heterocycles. The van der Waals surface area contributed by atoms with E-state index in [0.29, 0.717) is 16.4 Å². The monoisotopic (exact) mass is 602 g/mol. The lowest BCUT2D eigenvalue weighted by molar-refractivity contribution is -0.738. The van der Waals surface area contributed by atoms with Gasteiger partial charge in [-0.05, 0) is 63.1 Å². The minimum atomic E-state index is -3.98. The van der Waals surface area contributed by atoms with Gasteiger partial charge < -0.3 is 9.84 Å². The van der Waals surface area contributed by atoms with Crippen LogP contribution in [-0.2, 0) is 34.5 Å². The molecule has 2 aliphatic heterocycles. The number of halogens is 1. The van der Waals surface area contributed by atoms with E-state index in [4.69, 9.17) is 21.6 Å². The number of hydrogen-bond donors (Lipinski definition) is 1. The van der Waals surface area contributed by atoms with Gasteiger partial charge in [-0.25, -0.2) is 13.4 Å². The first-order valence-corrected chi connectivity index (χ1v) is 15.6. The summed E-state index contributed by atoms with van der Waals surface area (Å²) in [5.41, 5.74) is 2.92. The van der Waals surface area contributed by atoms with Gasteiger partial charge in [0, 0.05) is 29.1 Å². The average Bonchev–Trinajstić information content (AvgIpc) is 3.41. The van der Waals surface area contributed by atoms with Crippen molar-refractivity contribution in [3.05, 3.63) is 62.4 Å². The Hall–Kier alpha value is -3.06. The van der Waals surface area contributed by atoms with Gasteiger partial charge in [0.1, 0.15) is 11.4 Å². The fraction of sp³-hybridized carbons (Fsp3) is 0.407. The lowest BCUT2D eigenvalue weighted by Crippen LogP contribution is -2.49. The topological polar surface area (TPSA) is 118 Å². The van der Waals surface area contributed by atoms with Crippen LogP contribution in [0.5, 0.6) is 5.88 Å². The molecule has 3 aromatic heterocycles. The number of nitrogens with zero attached hydrogens (tertiary/aromatic N) is 5. The van der Waals surface area contributed by atoms with Crippen molar-refractivity contribution in [3.63, 3.8) is 0 Å². The number of carboxylic acids is 1. The molecule has 40 heavy (non-hydrogen) atoms. The number of thiophene rings is 1. The second kappa shape index (κ2) is 9.51. The van der Waals surface area contributed by atoms with Crippen LogP contribution in [0.3, 0.4) is 0 Å². The number of hydrogen-bond acceptors (Lipinski definition) is 7. The van der Waals surface area contributed by atoms with Crippen molar-refractivity contribution in [2.75, 3.05) is 6.54 Å². The van der Waals surface area contributed by atoms with Gasteiger partial charge in [0.25, 0.3) is 0 Å². The normalized spacial score (nSPS) is 22.0. The molecular formula is C27H29ClN5O5S2+. The second-order valence-electron chi connectivity index (χ2n) is 10.8. The lowest BCUT2D eigenvalue weighted by atomic mass is 9.72. The van der Waals surface area contributed by atoms with Gasteiger partial charge in [-0.2, -0.15) is 4.31 Å². The highest BCUT2D eigenvalue weighted by Crippen LogP contribution is 2.48. The Morgan fingerprint density at radius 1 is 1.32 bits per heavy atom. The molecule has 13 heteroatoms. The minimum Gasteiger partial charge on any atom is -0.481 e. The SMILES string of the molecule is CCn1n[n+]2c3c(C)c(ccc31)[C@@H](C(C)(C)C(=O)O)c1cc(c(Cl)s1)CN1C[C@@H](C2)Oc2ncccc2S1(=O)=O. The summed E-state index contributed by atoms with van der Waals surface area (Å²) in [5.74, 6) is -1.43. The summed E-state index contributed by atoms with van der Waals surface area (Å²) in [6.45, 7) is 8.33. The van der Waals surface area contributed by atoms with Gasteiger partial charge in [-0.3, -0.25) is 4.79 Å². The molecule has 10 nitrogen and oxygen atoms in total. The zero-order valence-electron chi connectivity index (χ0n) is 22.5. The Labute approximate surface area is 240 Å². The van der Waals surface area contributed by atoms with Crippen molar-refractivity contribution in [2.24, 2.45) is 5.41 Å². The molecule has 3 atom stereocenters. The number of aromatic nitrogens is 4. The van der Waals surface area contributed by atoms with Gasteiger partial charge >= 0.3 is 5.97 Å². The largest absolute Gasteiger partial charge is 0.481 e. The van der Waals surface area contributed by atoms with Crippen molar-refractivity contribution in [1.82, 2.24) is 19.2 Å². The number of carbonyl (C=O) groups is 1. The Bertz CT molecular complexity index is 1780. The summed E-state index contributed by atoms with van der Waals surface area (Å²) in [7, 11) is -3.98.